The molecule has 3 rings (SSSR count). The number of hydrogen-bond acceptors (Lipinski definition) is 4. The first-order chi connectivity index (χ1) is 12.8. The standard InChI is InChI=1S/C20H21N5O/c1-2-25(13-7-10-16-8-4-3-5-9-16)19(26)14-18-22-20(24-23-18)17-11-6-12-21-15-17/h3-12,15H,2,13-14H2,1H3,(H,22,23,24)/b10-7+. The molecule has 0 aliphatic carbocycles. The van der Waals surface area contributed by atoms with Gasteiger partial charge in [-0.25, -0.2) is 4.98 Å². The third-order valence-electron chi connectivity index (χ3n) is 3.94. The maximum absolute atomic E-state index is 12.5. The van der Waals surface area contributed by atoms with Gasteiger partial charge in [-0.3, -0.25) is 14.9 Å². The van der Waals surface area contributed by atoms with Crippen LogP contribution in [0.2, 0.25) is 0 Å². The fourth-order valence-electron chi connectivity index (χ4n) is 2.54. The summed E-state index contributed by atoms with van der Waals surface area (Å²) in [5, 5.41) is 7.01. The molecule has 132 valence electrons. The van der Waals surface area contributed by atoms with Crippen molar-refractivity contribution in [2.75, 3.05) is 13.1 Å². The molecule has 6 nitrogen and oxygen atoms in total. The van der Waals surface area contributed by atoms with Crippen molar-refractivity contribution in [2.45, 2.75) is 13.3 Å². The first kappa shape index (κ1) is 17.5. The van der Waals surface area contributed by atoms with Crippen molar-refractivity contribution >= 4 is 12.0 Å². The molecule has 0 aliphatic heterocycles. The molecular formula is C20H21N5O. The minimum Gasteiger partial charge on any atom is -0.339 e. The Balaban J connectivity index is 1.59. The van der Waals surface area contributed by atoms with E-state index in [9.17, 15) is 4.79 Å². The largest absolute Gasteiger partial charge is 0.339 e. The van der Waals surface area contributed by atoms with Gasteiger partial charge in [0, 0.05) is 31.0 Å². The average Bonchev–Trinajstić information content (AvgIpc) is 3.15. The molecule has 0 radical (unpaired) electrons. The molecule has 0 saturated heterocycles. The van der Waals surface area contributed by atoms with Crippen molar-refractivity contribution < 1.29 is 4.79 Å². The highest BCUT2D eigenvalue weighted by Crippen LogP contribution is 2.12. The van der Waals surface area contributed by atoms with E-state index >= 15 is 0 Å². The molecule has 6 heteroatoms. The van der Waals surface area contributed by atoms with Crippen LogP contribution in [0.4, 0.5) is 0 Å². The SMILES string of the molecule is CCN(C/C=C/c1ccccc1)C(=O)Cc1nc(-c2cccnc2)n[nH]1. The summed E-state index contributed by atoms with van der Waals surface area (Å²) < 4.78 is 0. The number of nitrogens with zero attached hydrogens (tertiary/aromatic N) is 4. The topological polar surface area (TPSA) is 74.8 Å². The Morgan fingerprint density at radius 3 is 2.77 bits per heavy atom. The number of pyridine rings is 1. The zero-order valence-corrected chi connectivity index (χ0v) is 14.7. The number of benzene rings is 1. The molecule has 0 unspecified atom stereocenters. The van der Waals surface area contributed by atoms with E-state index in [0.29, 0.717) is 24.7 Å². The van der Waals surface area contributed by atoms with Crippen molar-refractivity contribution in [3.8, 4) is 11.4 Å². The van der Waals surface area contributed by atoms with E-state index in [4.69, 9.17) is 0 Å². The normalized spacial score (nSPS) is 11.0. The molecule has 2 heterocycles. The van der Waals surface area contributed by atoms with Crippen LogP contribution in [0, 0.1) is 0 Å². The summed E-state index contributed by atoms with van der Waals surface area (Å²) in [7, 11) is 0. The second-order valence-electron chi connectivity index (χ2n) is 5.77. The van der Waals surface area contributed by atoms with Crippen LogP contribution >= 0.6 is 0 Å². The van der Waals surface area contributed by atoms with Gasteiger partial charge in [-0.1, -0.05) is 42.5 Å². The number of hydrogen-bond donors (Lipinski definition) is 1. The number of H-pyrrole nitrogens is 1. The van der Waals surface area contributed by atoms with E-state index in [0.717, 1.165) is 11.1 Å². The lowest BCUT2D eigenvalue weighted by Gasteiger charge is -2.18. The van der Waals surface area contributed by atoms with Crippen molar-refractivity contribution in [1.82, 2.24) is 25.1 Å². The zero-order valence-electron chi connectivity index (χ0n) is 14.7. The maximum Gasteiger partial charge on any atom is 0.230 e. The van der Waals surface area contributed by atoms with Gasteiger partial charge in [0.15, 0.2) is 5.82 Å². The molecule has 0 bridgehead atoms. The molecule has 0 aliphatic rings. The number of carbonyl (C=O) groups excluding carboxylic acids is 1. The second kappa shape index (κ2) is 8.71. The lowest BCUT2D eigenvalue weighted by atomic mass is 10.2. The predicted octanol–water partition coefficient (Wildman–Crippen LogP) is 2.97. The fraction of sp³-hybridized carbons (Fsp3) is 0.200. The minimum absolute atomic E-state index is 0.0131. The van der Waals surface area contributed by atoms with Gasteiger partial charge in [0.05, 0.1) is 6.42 Å². The van der Waals surface area contributed by atoms with E-state index in [1.807, 2.05) is 61.5 Å². The number of amides is 1. The third kappa shape index (κ3) is 4.63. The van der Waals surface area contributed by atoms with Crippen LogP contribution in [-0.2, 0) is 11.2 Å². The van der Waals surface area contributed by atoms with Crippen molar-refractivity contribution in [2.24, 2.45) is 0 Å². The molecule has 3 aromatic rings. The molecule has 26 heavy (non-hydrogen) atoms. The molecule has 0 atom stereocenters. The third-order valence-corrected chi connectivity index (χ3v) is 3.94. The number of aromatic nitrogens is 4. The number of rotatable bonds is 7. The Kier molecular flexibility index (Phi) is 5.88. The average molecular weight is 347 g/mol. The van der Waals surface area contributed by atoms with Crippen molar-refractivity contribution in [3.63, 3.8) is 0 Å². The summed E-state index contributed by atoms with van der Waals surface area (Å²) in [6.45, 7) is 3.17. The Morgan fingerprint density at radius 1 is 1.19 bits per heavy atom. The summed E-state index contributed by atoms with van der Waals surface area (Å²) in [5.74, 6) is 1.12. The van der Waals surface area contributed by atoms with Crippen LogP contribution in [0.25, 0.3) is 17.5 Å². The lowest BCUT2D eigenvalue weighted by molar-refractivity contribution is -0.129. The van der Waals surface area contributed by atoms with Gasteiger partial charge >= 0.3 is 0 Å². The molecule has 2 aromatic heterocycles. The van der Waals surface area contributed by atoms with Gasteiger partial charge in [-0.05, 0) is 24.6 Å². The summed E-state index contributed by atoms with van der Waals surface area (Å²) >= 11 is 0. The van der Waals surface area contributed by atoms with Gasteiger partial charge in [-0.2, -0.15) is 5.10 Å². The number of carbonyl (C=O) groups is 1. The minimum atomic E-state index is 0.0131. The van der Waals surface area contributed by atoms with E-state index in [1.54, 1.807) is 17.3 Å². The Labute approximate surface area is 152 Å². The molecule has 1 amide bonds. The summed E-state index contributed by atoms with van der Waals surface area (Å²) in [6.07, 6.45) is 7.60. The number of aromatic amines is 1. The Hall–Kier alpha value is -3.28. The second-order valence-corrected chi connectivity index (χ2v) is 5.77. The summed E-state index contributed by atoms with van der Waals surface area (Å²) in [4.78, 5) is 22.8. The Morgan fingerprint density at radius 2 is 2.04 bits per heavy atom. The van der Waals surface area contributed by atoms with Crippen molar-refractivity contribution in [3.05, 3.63) is 72.3 Å². The van der Waals surface area contributed by atoms with Gasteiger partial charge < -0.3 is 4.90 Å². The maximum atomic E-state index is 12.5. The number of nitrogens with one attached hydrogen (secondary N) is 1. The smallest absolute Gasteiger partial charge is 0.230 e. The predicted molar refractivity (Wildman–Crippen MR) is 101 cm³/mol. The molecular weight excluding hydrogens is 326 g/mol. The van der Waals surface area contributed by atoms with E-state index in [1.165, 1.54) is 0 Å². The molecule has 0 saturated carbocycles. The molecule has 1 aromatic carbocycles. The van der Waals surface area contributed by atoms with Gasteiger partial charge in [0.1, 0.15) is 5.82 Å². The zero-order chi connectivity index (χ0) is 18.2. The van der Waals surface area contributed by atoms with Crippen LogP contribution in [0.5, 0.6) is 0 Å². The highest BCUT2D eigenvalue weighted by molar-refractivity contribution is 5.78. The highest BCUT2D eigenvalue weighted by atomic mass is 16.2. The molecule has 1 N–H and O–H groups in total. The first-order valence-electron chi connectivity index (χ1n) is 8.57. The highest BCUT2D eigenvalue weighted by Gasteiger charge is 2.14. The van der Waals surface area contributed by atoms with Crippen molar-refractivity contribution in [1.29, 1.82) is 0 Å². The van der Waals surface area contributed by atoms with Crippen LogP contribution in [0.15, 0.2) is 60.9 Å². The quantitative estimate of drug-likeness (QED) is 0.713. The van der Waals surface area contributed by atoms with Gasteiger partial charge in [-0.15, -0.1) is 0 Å². The fourth-order valence-corrected chi connectivity index (χ4v) is 2.54. The number of likely N-dealkylation sites (N-methyl/N-ethyl adjacent to an activating group) is 1. The lowest BCUT2D eigenvalue weighted by Crippen LogP contribution is -2.32. The first-order valence-corrected chi connectivity index (χ1v) is 8.57. The van der Waals surface area contributed by atoms with E-state index in [2.05, 4.69) is 20.2 Å². The Bertz CT molecular complexity index is 858. The van der Waals surface area contributed by atoms with Crippen LogP contribution in [0.3, 0.4) is 0 Å². The van der Waals surface area contributed by atoms with Crippen LogP contribution in [0.1, 0.15) is 18.3 Å². The summed E-state index contributed by atoms with van der Waals surface area (Å²) in [6, 6.07) is 13.7. The molecule has 0 fully saturated rings. The molecule has 0 spiro atoms. The van der Waals surface area contributed by atoms with Crippen LogP contribution in [-0.4, -0.2) is 44.1 Å². The van der Waals surface area contributed by atoms with Gasteiger partial charge in [0.25, 0.3) is 0 Å². The monoisotopic (exact) mass is 347 g/mol. The van der Waals surface area contributed by atoms with E-state index in [-0.39, 0.29) is 12.3 Å². The summed E-state index contributed by atoms with van der Waals surface area (Å²) in [5.41, 5.74) is 1.94. The van der Waals surface area contributed by atoms with Crippen LogP contribution < -0.4 is 0 Å². The van der Waals surface area contributed by atoms with Gasteiger partial charge in [0.2, 0.25) is 5.91 Å². The van der Waals surface area contributed by atoms with E-state index < -0.39 is 0 Å².